The third-order valence-corrected chi connectivity index (χ3v) is 3.89. The Hall–Kier alpha value is -0.690. The number of rotatable bonds is 2. The predicted molar refractivity (Wildman–Crippen MR) is 71.2 cm³/mol. The summed E-state index contributed by atoms with van der Waals surface area (Å²) in [6.45, 7) is 4.48. The summed E-state index contributed by atoms with van der Waals surface area (Å²) in [5, 5.41) is 4.47. The first kappa shape index (κ1) is 11.8. The van der Waals surface area contributed by atoms with Crippen LogP contribution in [0.4, 0.5) is 5.69 Å². The lowest BCUT2D eigenvalue weighted by atomic mass is 9.85. The first-order valence-electron chi connectivity index (χ1n) is 6.19. The fourth-order valence-electron chi connectivity index (χ4n) is 2.48. The standard InChI is InChI=1S/C14H20ClN/c1-10-5-3-4-6-13(10)16-14-9-12(15)8-7-11(14)2/h7-10,13,16H,3-6H2,1-2H3. The molecule has 1 aromatic rings. The van der Waals surface area contributed by atoms with Gasteiger partial charge < -0.3 is 5.32 Å². The summed E-state index contributed by atoms with van der Waals surface area (Å²) in [5.41, 5.74) is 2.48. The van der Waals surface area contributed by atoms with Crippen molar-refractivity contribution < 1.29 is 0 Å². The molecule has 2 atom stereocenters. The number of benzene rings is 1. The summed E-state index contributed by atoms with van der Waals surface area (Å²) in [7, 11) is 0. The number of aryl methyl sites for hydroxylation is 1. The van der Waals surface area contributed by atoms with Gasteiger partial charge in [-0.3, -0.25) is 0 Å². The molecule has 2 heteroatoms. The van der Waals surface area contributed by atoms with E-state index in [1.54, 1.807) is 0 Å². The highest BCUT2D eigenvalue weighted by Gasteiger charge is 2.21. The Balaban J connectivity index is 2.10. The summed E-state index contributed by atoms with van der Waals surface area (Å²) in [6, 6.07) is 6.69. The predicted octanol–water partition coefficient (Wildman–Crippen LogP) is 4.64. The lowest BCUT2D eigenvalue weighted by Gasteiger charge is -2.31. The molecule has 0 radical (unpaired) electrons. The monoisotopic (exact) mass is 237 g/mol. The second kappa shape index (κ2) is 5.09. The van der Waals surface area contributed by atoms with Crippen LogP contribution in [0.25, 0.3) is 0 Å². The fraction of sp³-hybridized carbons (Fsp3) is 0.571. The molecule has 0 aliphatic heterocycles. The van der Waals surface area contributed by atoms with Gasteiger partial charge in [0.25, 0.3) is 0 Å². The topological polar surface area (TPSA) is 12.0 Å². The van der Waals surface area contributed by atoms with Crippen LogP contribution in [0.5, 0.6) is 0 Å². The van der Waals surface area contributed by atoms with Crippen LogP contribution in [0.3, 0.4) is 0 Å². The van der Waals surface area contributed by atoms with Gasteiger partial charge in [-0.2, -0.15) is 0 Å². The first-order chi connectivity index (χ1) is 7.66. The van der Waals surface area contributed by atoms with E-state index in [0.717, 1.165) is 10.9 Å². The lowest BCUT2D eigenvalue weighted by molar-refractivity contribution is 0.349. The molecular weight excluding hydrogens is 218 g/mol. The molecular formula is C14H20ClN. The molecule has 1 aliphatic carbocycles. The minimum Gasteiger partial charge on any atom is -0.382 e. The van der Waals surface area contributed by atoms with Crippen LogP contribution in [0.15, 0.2) is 18.2 Å². The summed E-state index contributed by atoms with van der Waals surface area (Å²) in [4.78, 5) is 0. The summed E-state index contributed by atoms with van der Waals surface area (Å²) < 4.78 is 0. The average Bonchev–Trinajstić information content (AvgIpc) is 2.27. The molecule has 0 spiro atoms. The van der Waals surface area contributed by atoms with E-state index < -0.39 is 0 Å². The molecule has 2 unspecified atom stereocenters. The van der Waals surface area contributed by atoms with Crippen molar-refractivity contribution >= 4 is 17.3 Å². The number of hydrogen-bond donors (Lipinski definition) is 1. The smallest absolute Gasteiger partial charge is 0.0426 e. The van der Waals surface area contributed by atoms with Crippen LogP contribution in [0.2, 0.25) is 5.02 Å². The Morgan fingerprint density at radius 1 is 1.25 bits per heavy atom. The largest absolute Gasteiger partial charge is 0.382 e. The summed E-state index contributed by atoms with van der Waals surface area (Å²) in [5.74, 6) is 0.770. The van der Waals surface area contributed by atoms with Gasteiger partial charge in [-0.05, 0) is 43.4 Å². The van der Waals surface area contributed by atoms with E-state index in [4.69, 9.17) is 11.6 Å². The Labute approximate surface area is 103 Å². The van der Waals surface area contributed by atoms with E-state index in [2.05, 4.69) is 25.2 Å². The summed E-state index contributed by atoms with van der Waals surface area (Å²) >= 11 is 6.03. The molecule has 16 heavy (non-hydrogen) atoms. The molecule has 1 saturated carbocycles. The first-order valence-corrected chi connectivity index (χ1v) is 6.57. The van der Waals surface area contributed by atoms with Crippen LogP contribution in [-0.2, 0) is 0 Å². The van der Waals surface area contributed by atoms with Crippen molar-refractivity contribution in [3.8, 4) is 0 Å². The van der Waals surface area contributed by atoms with E-state index in [1.165, 1.54) is 36.9 Å². The van der Waals surface area contributed by atoms with Crippen molar-refractivity contribution in [2.75, 3.05) is 5.32 Å². The van der Waals surface area contributed by atoms with Gasteiger partial charge in [-0.25, -0.2) is 0 Å². The highest BCUT2D eigenvalue weighted by molar-refractivity contribution is 6.30. The molecule has 0 heterocycles. The highest BCUT2D eigenvalue weighted by atomic mass is 35.5. The average molecular weight is 238 g/mol. The molecule has 1 aromatic carbocycles. The Bertz CT molecular complexity index is 362. The lowest BCUT2D eigenvalue weighted by Crippen LogP contribution is -2.30. The number of halogens is 1. The third kappa shape index (κ3) is 2.70. The zero-order valence-electron chi connectivity index (χ0n) is 10.1. The molecule has 2 rings (SSSR count). The Morgan fingerprint density at radius 3 is 2.75 bits per heavy atom. The second-order valence-electron chi connectivity index (χ2n) is 4.97. The molecule has 0 aromatic heterocycles. The van der Waals surface area contributed by atoms with Crippen LogP contribution < -0.4 is 5.32 Å². The minimum absolute atomic E-state index is 0.617. The maximum Gasteiger partial charge on any atom is 0.0426 e. The number of hydrogen-bond acceptors (Lipinski definition) is 1. The normalized spacial score (nSPS) is 25.4. The SMILES string of the molecule is Cc1ccc(Cl)cc1NC1CCCCC1C. The van der Waals surface area contributed by atoms with Crippen molar-refractivity contribution in [3.05, 3.63) is 28.8 Å². The maximum atomic E-state index is 6.03. The van der Waals surface area contributed by atoms with Gasteiger partial charge in [-0.1, -0.05) is 37.4 Å². The van der Waals surface area contributed by atoms with Gasteiger partial charge in [0.15, 0.2) is 0 Å². The van der Waals surface area contributed by atoms with Crippen molar-refractivity contribution in [3.63, 3.8) is 0 Å². The van der Waals surface area contributed by atoms with Crippen LogP contribution in [-0.4, -0.2) is 6.04 Å². The zero-order valence-corrected chi connectivity index (χ0v) is 10.8. The van der Waals surface area contributed by atoms with Gasteiger partial charge in [0.1, 0.15) is 0 Å². The third-order valence-electron chi connectivity index (χ3n) is 3.65. The zero-order chi connectivity index (χ0) is 11.5. The van der Waals surface area contributed by atoms with Crippen LogP contribution in [0, 0.1) is 12.8 Å². The van der Waals surface area contributed by atoms with E-state index >= 15 is 0 Å². The number of anilines is 1. The van der Waals surface area contributed by atoms with Gasteiger partial charge in [0.2, 0.25) is 0 Å². The van der Waals surface area contributed by atoms with E-state index in [0.29, 0.717) is 6.04 Å². The van der Waals surface area contributed by atoms with E-state index in [9.17, 15) is 0 Å². The van der Waals surface area contributed by atoms with E-state index in [1.807, 2.05) is 12.1 Å². The van der Waals surface area contributed by atoms with E-state index in [-0.39, 0.29) is 0 Å². The van der Waals surface area contributed by atoms with Gasteiger partial charge in [0.05, 0.1) is 0 Å². The molecule has 1 aliphatic rings. The fourth-order valence-corrected chi connectivity index (χ4v) is 2.65. The quantitative estimate of drug-likeness (QED) is 0.790. The highest BCUT2D eigenvalue weighted by Crippen LogP contribution is 2.29. The van der Waals surface area contributed by atoms with Crippen LogP contribution in [0.1, 0.15) is 38.2 Å². The molecule has 1 N–H and O–H groups in total. The summed E-state index contributed by atoms with van der Waals surface area (Å²) in [6.07, 6.45) is 5.36. The molecule has 0 bridgehead atoms. The number of nitrogens with one attached hydrogen (secondary N) is 1. The molecule has 1 nitrogen and oxygen atoms in total. The van der Waals surface area contributed by atoms with Gasteiger partial charge >= 0.3 is 0 Å². The Morgan fingerprint density at radius 2 is 2.00 bits per heavy atom. The maximum absolute atomic E-state index is 6.03. The Kier molecular flexibility index (Phi) is 3.75. The van der Waals surface area contributed by atoms with Crippen LogP contribution >= 0.6 is 11.6 Å². The molecule has 0 amide bonds. The van der Waals surface area contributed by atoms with Gasteiger partial charge in [0, 0.05) is 16.8 Å². The second-order valence-corrected chi connectivity index (χ2v) is 5.41. The van der Waals surface area contributed by atoms with Gasteiger partial charge in [-0.15, -0.1) is 0 Å². The molecule has 1 fully saturated rings. The molecule has 0 saturated heterocycles. The van der Waals surface area contributed by atoms with Crippen molar-refractivity contribution in [2.24, 2.45) is 5.92 Å². The van der Waals surface area contributed by atoms with Crippen molar-refractivity contribution in [1.29, 1.82) is 0 Å². The minimum atomic E-state index is 0.617. The van der Waals surface area contributed by atoms with Crippen molar-refractivity contribution in [2.45, 2.75) is 45.6 Å². The molecule has 88 valence electrons. The van der Waals surface area contributed by atoms with Crippen molar-refractivity contribution in [1.82, 2.24) is 0 Å².